The highest BCUT2D eigenvalue weighted by molar-refractivity contribution is 7.46. The number of aliphatic hydroxyl groups excluding tert-OH is 2. The van der Waals surface area contributed by atoms with Gasteiger partial charge >= 0.3 is 7.82 Å². The third-order valence-corrected chi connectivity index (χ3v) is 1.69. The number of phosphoric ester groups is 1. The molecule has 0 amide bonds. The lowest BCUT2D eigenvalue weighted by Crippen LogP contribution is -2.31. The van der Waals surface area contributed by atoms with Gasteiger partial charge in [0.05, 0.1) is 13.2 Å². The third kappa shape index (κ3) is 8.32. The Labute approximate surface area is 75.8 Å². The molecule has 80 valence electrons. The van der Waals surface area contributed by atoms with Gasteiger partial charge in [-0.1, -0.05) is 0 Å². The first-order chi connectivity index (χ1) is 5.99. The molecule has 0 aromatic carbocycles. The predicted octanol–water partition coefficient (Wildman–Crippen LogP) is -1.66. The van der Waals surface area contributed by atoms with Crippen molar-refractivity contribution in [2.45, 2.75) is 0 Å². The number of aliphatic hydroxyl groups is 2. The van der Waals surface area contributed by atoms with E-state index in [1.54, 1.807) is 0 Å². The lowest BCUT2D eigenvalue weighted by Gasteiger charge is -2.19. The number of phosphoric acid groups is 1. The molecule has 0 atom stereocenters. The van der Waals surface area contributed by atoms with E-state index < -0.39 is 7.82 Å². The Kier molecular flexibility index (Phi) is 6.44. The number of nitrogens with zero attached hydrogens (tertiary/aromatic N) is 1. The summed E-state index contributed by atoms with van der Waals surface area (Å²) in [5.74, 6) is 0. The van der Waals surface area contributed by atoms with Gasteiger partial charge in [-0.2, -0.15) is 0 Å². The molecule has 8 heteroatoms. The number of rotatable bonds is 7. The van der Waals surface area contributed by atoms with Crippen LogP contribution < -0.4 is 0 Å². The maximum Gasteiger partial charge on any atom is 0.470 e. The summed E-state index contributed by atoms with van der Waals surface area (Å²) in [4.78, 5) is 18.1. The minimum atomic E-state index is -4.47. The number of hydrogen-bond acceptors (Lipinski definition) is 5. The van der Waals surface area contributed by atoms with E-state index in [1.165, 1.54) is 4.90 Å². The van der Waals surface area contributed by atoms with Crippen LogP contribution in [0.15, 0.2) is 0 Å². The molecular weight excluding hydrogens is 201 g/mol. The van der Waals surface area contributed by atoms with Gasteiger partial charge in [-0.15, -0.1) is 0 Å². The van der Waals surface area contributed by atoms with Gasteiger partial charge in [-0.3, -0.25) is 9.42 Å². The van der Waals surface area contributed by atoms with E-state index in [4.69, 9.17) is 20.0 Å². The standard InChI is InChI=1S/C5H14NO6P/c7-3-1-6(2-4-8)5-12-13(9,10)11/h7-8H,1-5H2,(H2,9,10,11). The second kappa shape index (κ2) is 6.44. The van der Waals surface area contributed by atoms with Crippen LogP contribution in [0.3, 0.4) is 0 Å². The lowest BCUT2D eigenvalue weighted by atomic mass is 10.5. The SMILES string of the molecule is O=P(O)(O)OCN(CCO)CCO. The molecule has 0 bridgehead atoms. The fraction of sp³-hybridized carbons (Fsp3) is 1.00. The molecule has 0 saturated carbocycles. The largest absolute Gasteiger partial charge is 0.470 e. The zero-order valence-electron chi connectivity index (χ0n) is 7.04. The Morgan fingerprint density at radius 2 is 1.62 bits per heavy atom. The summed E-state index contributed by atoms with van der Waals surface area (Å²) in [6.07, 6.45) is 0. The second-order valence-electron chi connectivity index (χ2n) is 2.31. The van der Waals surface area contributed by atoms with E-state index in [0.29, 0.717) is 0 Å². The molecule has 0 aliphatic heterocycles. The maximum absolute atomic E-state index is 10.3. The minimum Gasteiger partial charge on any atom is -0.395 e. The van der Waals surface area contributed by atoms with E-state index in [0.717, 1.165) is 0 Å². The monoisotopic (exact) mass is 215 g/mol. The molecular formula is C5H14NO6P. The van der Waals surface area contributed by atoms with E-state index in [9.17, 15) is 4.57 Å². The van der Waals surface area contributed by atoms with Crippen LogP contribution in [0.2, 0.25) is 0 Å². The summed E-state index contributed by atoms with van der Waals surface area (Å²) in [6.45, 7) is -0.248. The van der Waals surface area contributed by atoms with Crippen molar-refractivity contribution in [2.75, 3.05) is 33.0 Å². The van der Waals surface area contributed by atoms with Gasteiger partial charge in [0.15, 0.2) is 0 Å². The fourth-order valence-corrected chi connectivity index (χ4v) is 0.994. The quantitative estimate of drug-likeness (QED) is 0.297. The molecule has 0 rings (SSSR count). The highest BCUT2D eigenvalue weighted by Crippen LogP contribution is 2.35. The number of hydrogen-bond donors (Lipinski definition) is 4. The van der Waals surface area contributed by atoms with E-state index in [-0.39, 0.29) is 33.0 Å². The lowest BCUT2D eigenvalue weighted by molar-refractivity contribution is 0.0639. The van der Waals surface area contributed by atoms with Gasteiger partial charge in [0.25, 0.3) is 0 Å². The molecule has 0 spiro atoms. The topological polar surface area (TPSA) is 110 Å². The smallest absolute Gasteiger partial charge is 0.395 e. The van der Waals surface area contributed by atoms with Crippen molar-refractivity contribution in [1.29, 1.82) is 0 Å². The highest BCUT2D eigenvalue weighted by atomic mass is 31.2. The second-order valence-corrected chi connectivity index (χ2v) is 3.55. The summed E-state index contributed by atoms with van der Waals surface area (Å²) < 4.78 is 14.4. The molecule has 0 unspecified atom stereocenters. The summed E-state index contributed by atoms with van der Waals surface area (Å²) >= 11 is 0. The first kappa shape index (κ1) is 13.0. The first-order valence-corrected chi connectivity index (χ1v) is 5.17. The molecule has 0 heterocycles. The van der Waals surface area contributed by atoms with Crippen molar-refractivity contribution < 1.29 is 29.1 Å². The normalized spacial score (nSPS) is 12.4. The molecule has 4 N–H and O–H groups in total. The molecule has 0 aromatic heterocycles. The van der Waals surface area contributed by atoms with Crippen LogP contribution in [-0.4, -0.2) is 57.9 Å². The zero-order valence-corrected chi connectivity index (χ0v) is 7.93. The predicted molar refractivity (Wildman–Crippen MR) is 43.7 cm³/mol. The van der Waals surface area contributed by atoms with Crippen molar-refractivity contribution in [1.82, 2.24) is 4.90 Å². The third-order valence-electron chi connectivity index (χ3n) is 1.24. The summed E-state index contributed by atoms with van der Waals surface area (Å²) in [7, 11) is -4.47. The van der Waals surface area contributed by atoms with Crippen LogP contribution in [0.4, 0.5) is 0 Å². The summed E-state index contributed by atoms with van der Waals surface area (Å²) in [5, 5.41) is 17.0. The Bertz CT molecular complexity index is 164. The molecule has 0 aliphatic rings. The zero-order chi connectivity index (χ0) is 10.3. The Morgan fingerprint density at radius 1 is 1.15 bits per heavy atom. The van der Waals surface area contributed by atoms with Crippen LogP contribution in [0.25, 0.3) is 0 Å². The van der Waals surface area contributed by atoms with Gasteiger partial charge < -0.3 is 20.0 Å². The molecule has 13 heavy (non-hydrogen) atoms. The fourth-order valence-electron chi connectivity index (χ4n) is 0.681. The molecule has 0 fully saturated rings. The van der Waals surface area contributed by atoms with Crippen molar-refractivity contribution in [3.8, 4) is 0 Å². The Morgan fingerprint density at radius 3 is 1.92 bits per heavy atom. The highest BCUT2D eigenvalue weighted by Gasteiger charge is 2.15. The van der Waals surface area contributed by atoms with Gasteiger partial charge in [0, 0.05) is 13.1 Å². The van der Waals surface area contributed by atoms with E-state index in [1.807, 2.05) is 0 Å². The van der Waals surface area contributed by atoms with Crippen LogP contribution >= 0.6 is 7.82 Å². The van der Waals surface area contributed by atoms with Crippen molar-refractivity contribution in [3.63, 3.8) is 0 Å². The van der Waals surface area contributed by atoms with Crippen molar-refractivity contribution in [2.24, 2.45) is 0 Å². The molecule has 0 aliphatic carbocycles. The molecule has 0 radical (unpaired) electrons. The van der Waals surface area contributed by atoms with Crippen molar-refractivity contribution >= 4 is 7.82 Å². The van der Waals surface area contributed by atoms with Gasteiger partial charge in [-0.05, 0) is 0 Å². The van der Waals surface area contributed by atoms with E-state index >= 15 is 0 Å². The minimum absolute atomic E-state index is 0.162. The Balaban J connectivity index is 3.74. The van der Waals surface area contributed by atoms with Gasteiger partial charge in [0.2, 0.25) is 0 Å². The van der Waals surface area contributed by atoms with Crippen LogP contribution in [0, 0.1) is 0 Å². The van der Waals surface area contributed by atoms with Crippen molar-refractivity contribution in [3.05, 3.63) is 0 Å². The molecule has 7 nitrogen and oxygen atoms in total. The van der Waals surface area contributed by atoms with Crippen LogP contribution in [0.1, 0.15) is 0 Å². The van der Waals surface area contributed by atoms with Crippen LogP contribution in [0.5, 0.6) is 0 Å². The first-order valence-electron chi connectivity index (χ1n) is 3.63. The average Bonchev–Trinajstić information content (AvgIpc) is 2.00. The van der Waals surface area contributed by atoms with Gasteiger partial charge in [0.1, 0.15) is 6.73 Å². The maximum atomic E-state index is 10.3. The average molecular weight is 215 g/mol. The summed E-state index contributed by atoms with van der Waals surface area (Å²) in [5.41, 5.74) is 0. The molecule has 0 saturated heterocycles. The molecule has 0 aromatic rings. The van der Waals surface area contributed by atoms with E-state index in [2.05, 4.69) is 4.52 Å². The van der Waals surface area contributed by atoms with Gasteiger partial charge in [-0.25, -0.2) is 4.57 Å². The summed E-state index contributed by atoms with van der Waals surface area (Å²) in [6, 6.07) is 0. The van der Waals surface area contributed by atoms with Crippen LogP contribution in [-0.2, 0) is 9.09 Å². The Hall–Kier alpha value is -0.0100.